The van der Waals surface area contributed by atoms with Crippen molar-refractivity contribution in [2.24, 2.45) is 11.8 Å². The van der Waals surface area contributed by atoms with Crippen molar-refractivity contribution in [1.29, 1.82) is 0 Å². The second kappa shape index (κ2) is 5.13. The lowest BCUT2D eigenvalue weighted by Crippen LogP contribution is -2.26. The fourth-order valence-electron chi connectivity index (χ4n) is 3.77. The Morgan fingerprint density at radius 2 is 2.09 bits per heavy atom. The third kappa shape index (κ3) is 2.31. The molecule has 4 nitrogen and oxygen atoms in total. The van der Waals surface area contributed by atoms with Gasteiger partial charge in [-0.1, -0.05) is 11.6 Å². The Morgan fingerprint density at radius 3 is 2.82 bits per heavy atom. The molecule has 1 aromatic heterocycles. The van der Waals surface area contributed by atoms with Crippen LogP contribution in [0.2, 0.25) is 5.02 Å². The maximum absolute atomic E-state index is 12.3. The summed E-state index contributed by atoms with van der Waals surface area (Å²) in [6.45, 7) is 0. The summed E-state index contributed by atoms with van der Waals surface area (Å²) in [4.78, 5) is 24.3. The molecule has 2 fully saturated rings. The molecule has 0 unspecified atom stereocenters. The summed E-state index contributed by atoms with van der Waals surface area (Å²) in [7, 11) is 0. The van der Waals surface area contributed by atoms with Gasteiger partial charge >= 0.3 is 11.6 Å². The van der Waals surface area contributed by atoms with E-state index < -0.39 is 11.6 Å². The van der Waals surface area contributed by atoms with E-state index in [1.54, 1.807) is 18.2 Å². The van der Waals surface area contributed by atoms with Crippen LogP contribution >= 0.6 is 11.6 Å². The van der Waals surface area contributed by atoms with Crippen LogP contribution in [0, 0.1) is 11.8 Å². The molecule has 4 rings (SSSR count). The highest BCUT2D eigenvalue weighted by molar-refractivity contribution is 6.31. The Bertz CT molecular complexity index is 810. The number of fused-ring (bicyclic) bond motifs is 3. The highest BCUT2D eigenvalue weighted by Crippen LogP contribution is 2.46. The molecule has 3 atom stereocenters. The van der Waals surface area contributed by atoms with E-state index in [9.17, 15) is 9.59 Å². The molecule has 0 saturated heterocycles. The molecule has 2 aliphatic rings. The van der Waals surface area contributed by atoms with Crippen molar-refractivity contribution in [3.8, 4) is 0 Å². The zero-order valence-corrected chi connectivity index (χ0v) is 12.6. The van der Waals surface area contributed by atoms with Gasteiger partial charge < -0.3 is 9.15 Å². The third-order valence-corrected chi connectivity index (χ3v) is 5.08. The molecule has 5 heteroatoms. The second-order valence-corrected chi connectivity index (χ2v) is 6.68. The first-order valence-corrected chi connectivity index (χ1v) is 7.92. The number of hydrogen-bond acceptors (Lipinski definition) is 4. The number of benzene rings is 1. The van der Waals surface area contributed by atoms with Gasteiger partial charge in [-0.3, -0.25) is 0 Å². The average Bonchev–Trinajstić information content (AvgIpc) is 3.09. The second-order valence-electron chi connectivity index (χ2n) is 6.25. The lowest BCUT2D eigenvalue weighted by molar-refractivity contribution is 0.0154. The van der Waals surface area contributed by atoms with Crippen LogP contribution < -0.4 is 5.63 Å². The maximum atomic E-state index is 12.3. The van der Waals surface area contributed by atoms with E-state index in [1.165, 1.54) is 12.5 Å². The molecular weight excluding hydrogens is 304 g/mol. The normalized spacial score (nSPS) is 26.5. The van der Waals surface area contributed by atoms with Gasteiger partial charge in [-0.25, -0.2) is 9.59 Å². The van der Waals surface area contributed by atoms with E-state index in [0.717, 1.165) is 19.3 Å². The minimum absolute atomic E-state index is 0.0549. The molecule has 0 amide bonds. The van der Waals surface area contributed by atoms with Gasteiger partial charge in [0.05, 0.1) is 0 Å². The zero-order valence-electron chi connectivity index (χ0n) is 11.9. The number of halogens is 1. The van der Waals surface area contributed by atoms with E-state index in [1.807, 2.05) is 0 Å². The van der Waals surface area contributed by atoms with Gasteiger partial charge in [-0.05, 0) is 61.8 Å². The number of carbonyl (C=O) groups is 1. The van der Waals surface area contributed by atoms with E-state index in [2.05, 4.69) is 0 Å². The smallest absolute Gasteiger partial charge is 0.351 e. The van der Waals surface area contributed by atoms with Crippen molar-refractivity contribution in [2.75, 3.05) is 0 Å². The third-order valence-electron chi connectivity index (χ3n) is 4.85. The Hall–Kier alpha value is -1.81. The van der Waals surface area contributed by atoms with Crippen molar-refractivity contribution >= 4 is 28.5 Å². The molecule has 0 spiro atoms. The number of ether oxygens (including phenoxy) is 1. The van der Waals surface area contributed by atoms with E-state index >= 15 is 0 Å². The molecule has 0 aliphatic heterocycles. The molecule has 1 heterocycles. The molecule has 2 bridgehead atoms. The number of rotatable bonds is 2. The van der Waals surface area contributed by atoms with Crippen LogP contribution in [0.1, 0.15) is 36.0 Å². The number of carbonyl (C=O) groups excluding carboxylic acids is 1. The summed E-state index contributed by atoms with van der Waals surface area (Å²) in [5.74, 6) is 0.540. The summed E-state index contributed by atoms with van der Waals surface area (Å²) in [5, 5.41) is 1.14. The van der Waals surface area contributed by atoms with Crippen LogP contribution in [-0.4, -0.2) is 12.1 Å². The van der Waals surface area contributed by atoms with Gasteiger partial charge in [0.25, 0.3) is 0 Å². The van der Waals surface area contributed by atoms with Crippen molar-refractivity contribution in [3.63, 3.8) is 0 Å². The number of hydrogen-bond donors (Lipinski definition) is 0. The van der Waals surface area contributed by atoms with Crippen molar-refractivity contribution < 1.29 is 13.9 Å². The molecule has 2 saturated carbocycles. The minimum Gasteiger partial charge on any atom is -0.458 e. The largest absolute Gasteiger partial charge is 0.458 e. The van der Waals surface area contributed by atoms with E-state index in [-0.39, 0.29) is 11.7 Å². The highest BCUT2D eigenvalue weighted by atomic mass is 35.5. The molecule has 114 valence electrons. The molecule has 22 heavy (non-hydrogen) atoms. The molecule has 0 radical (unpaired) electrons. The summed E-state index contributed by atoms with van der Waals surface area (Å²) in [5.41, 5.74) is -0.314. The average molecular weight is 319 g/mol. The van der Waals surface area contributed by atoms with Gasteiger partial charge in [-0.15, -0.1) is 0 Å². The summed E-state index contributed by atoms with van der Waals surface area (Å²) < 4.78 is 10.7. The molecule has 0 N–H and O–H groups in total. The van der Waals surface area contributed by atoms with Crippen molar-refractivity contribution in [2.45, 2.75) is 31.8 Å². The Labute approximate surface area is 132 Å². The summed E-state index contributed by atoms with van der Waals surface area (Å²) >= 11 is 5.93. The van der Waals surface area contributed by atoms with Gasteiger partial charge in [0.15, 0.2) is 0 Å². The monoisotopic (exact) mass is 318 g/mol. The van der Waals surface area contributed by atoms with Crippen LogP contribution in [0.3, 0.4) is 0 Å². The SMILES string of the molecule is O=C(O[C@H]1C[C@@H]2CC[C@@H]1C2)c1cc2cc(Cl)ccc2oc1=O. The Morgan fingerprint density at radius 1 is 1.23 bits per heavy atom. The Balaban J connectivity index is 1.63. The van der Waals surface area contributed by atoms with E-state index in [0.29, 0.717) is 27.8 Å². The topological polar surface area (TPSA) is 56.5 Å². The van der Waals surface area contributed by atoms with Crippen LogP contribution in [0.4, 0.5) is 0 Å². The van der Waals surface area contributed by atoms with Gasteiger partial charge in [-0.2, -0.15) is 0 Å². The van der Waals surface area contributed by atoms with Gasteiger partial charge in [0.1, 0.15) is 17.3 Å². The maximum Gasteiger partial charge on any atom is 0.351 e. The molecule has 2 aliphatic carbocycles. The minimum atomic E-state index is -0.664. The lowest BCUT2D eigenvalue weighted by Gasteiger charge is -2.21. The molecule has 1 aromatic carbocycles. The fourth-order valence-corrected chi connectivity index (χ4v) is 3.95. The highest BCUT2D eigenvalue weighted by Gasteiger charge is 2.42. The predicted molar refractivity (Wildman–Crippen MR) is 82.1 cm³/mol. The number of esters is 1. The summed E-state index contributed by atoms with van der Waals surface area (Å²) in [6, 6.07) is 6.42. The lowest BCUT2D eigenvalue weighted by atomic mass is 9.98. The quantitative estimate of drug-likeness (QED) is 0.624. The zero-order chi connectivity index (χ0) is 15.3. The van der Waals surface area contributed by atoms with Crippen molar-refractivity contribution in [3.05, 3.63) is 45.3 Å². The predicted octanol–water partition coefficient (Wildman–Crippen LogP) is 3.79. The van der Waals surface area contributed by atoms with Gasteiger partial charge in [0, 0.05) is 10.4 Å². The first kappa shape index (κ1) is 13.8. The molecule has 2 aromatic rings. The molecular formula is C17H15ClO4. The van der Waals surface area contributed by atoms with Crippen LogP contribution in [-0.2, 0) is 4.74 Å². The standard InChI is InChI=1S/C17H15ClO4/c18-12-3-4-14-11(7-12)8-13(16(19)21-14)17(20)22-15-6-9-1-2-10(15)5-9/h3-4,7-10,15H,1-2,5-6H2/t9-,10-,15+/m1/s1. The van der Waals surface area contributed by atoms with Crippen LogP contribution in [0.15, 0.2) is 33.5 Å². The van der Waals surface area contributed by atoms with Crippen molar-refractivity contribution in [1.82, 2.24) is 0 Å². The van der Waals surface area contributed by atoms with E-state index in [4.69, 9.17) is 20.8 Å². The first-order valence-electron chi connectivity index (χ1n) is 7.54. The van der Waals surface area contributed by atoms with Gasteiger partial charge in [0.2, 0.25) is 0 Å². The summed E-state index contributed by atoms with van der Waals surface area (Å²) in [6.07, 6.45) is 4.35. The van der Waals surface area contributed by atoms with Crippen LogP contribution in [0.5, 0.6) is 0 Å². The van der Waals surface area contributed by atoms with Crippen LogP contribution in [0.25, 0.3) is 11.0 Å². The first-order chi connectivity index (χ1) is 10.6. The Kier molecular flexibility index (Phi) is 3.22. The fraction of sp³-hybridized carbons (Fsp3) is 0.412.